The first kappa shape index (κ1) is 37.5. The predicted octanol–water partition coefficient (Wildman–Crippen LogP) is 4.75. The van der Waals surface area contributed by atoms with Gasteiger partial charge in [-0.2, -0.15) is 0 Å². The van der Waals surface area contributed by atoms with Crippen LogP contribution in [-0.2, 0) is 9.59 Å². The molecule has 0 spiro atoms. The Balaban J connectivity index is 0. The smallest absolute Gasteiger partial charge is 0.222 e. The fourth-order valence-corrected chi connectivity index (χ4v) is 3.99. The van der Waals surface area contributed by atoms with E-state index < -0.39 is 0 Å². The SMILES string of the molecule is C.CC/C=C\CCC(=O)N(CCCCNCCCN(CCCNC)C(=O)CC/C=C\CC)CCCNC. The lowest BCUT2D eigenvalue weighted by Gasteiger charge is -2.23. The van der Waals surface area contributed by atoms with E-state index in [4.69, 9.17) is 0 Å². The third-order valence-electron chi connectivity index (χ3n) is 6.08. The van der Waals surface area contributed by atoms with Crippen molar-refractivity contribution in [2.75, 3.05) is 66.5 Å². The van der Waals surface area contributed by atoms with Gasteiger partial charge in [-0.3, -0.25) is 9.59 Å². The van der Waals surface area contributed by atoms with Crippen LogP contribution in [0.5, 0.6) is 0 Å². The quantitative estimate of drug-likeness (QED) is 0.119. The number of hydrogen-bond acceptors (Lipinski definition) is 5. The van der Waals surface area contributed by atoms with Crippen LogP contribution in [0.2, 0.25) is 0 Å². The molecule has 0 atom stereocenters. The first-order chi connectivity index (χ1) is 17.6. The number of nitrogens with zero attached hydrogens (tertiary/aromatic N) is 2. The first-order valence-electron chi connectivity index (χ1n) is 14.5. The molecule has 0 heterocycles. The van der Waals surface area contributed by atoms with Gasteiger partial charge in [0, 0.05) is 39.0 Å². The summed E-state index contributed by atoms with van der Waals surface area (Å²) in [5, 5.41) is 9.87. The van der Waals surface area contributed by atoms with Gasteiger partial charge in [0.15, 0.2) is 0 Å². The Bertz CT molecular complexity index is 530. The molecule has 0 aliphatic carbocycles. The standard InChI is InChI=1S/C29H57N5O2.CH4/c1-5-7-9-11-18-28(35)33(25-15-20-30-3)24-14-13-22-32-23-17-27-34(26-16-21-31-4)29(36)19-12-10-8-6-2;/h7-10,30-32H,5-6,11-27H2,1-4H3;1H4/b9-7-,10-8-;. The van der Waals surface area contributed by atoms with E-state index >= 15 is 0 Å². The van der Waals surface area contributed by atoms with E-state index in [0.717, 1.165) is 110 Å². The second-order valence-electron chi connectivity index (χ2n) is 9.32. The molecule has 0 radical (unpaired) electrons. The van der Waals surface area contributed by atoms with E-state index in [-0.39, 0.29) is 19.2 Å². The maximum atomic E-state index is 12.6. The summed E-state index contributed by atoms with van der Waals surface area (Å²) in [5.74, 6) is 0.535. The third-order valence-corrected chi connectivity index (χ3v) is 6.08. The first-order valence-corrected chi connectivity index (χ1v) is 14.5. The molecule has 0 saturated carbocycles. The minimum Gasteiger partial charge on any atom is -0.343 e. The number of nitrogens with one attached hydrogen (secondary N) is 3. The molecule has 0 aromatic rings. The van der Waals surface area contributed by atoms with Crippen molar-refractivity contribution in [1.29, 1.82) is 0 Å². The van der Waals surface area contributed by atoms with Crippen LogP contribution < -0.4 is 16.0 Å². The second kappa shape index (κ2) is 28.9. The van der Waals surface area contributed by atoms with E-state index in [2.05, 4.69) is 54.1 Å². The molecule has 0 rings (SSSR count). The summed E-state index contributed by atoms with van der Waals surface area (Å²) in [4.78, 5) is 29.3. The lowest BCUT2D eigenvalue weighted by Crippen LogP contribution is -2.35. The van der Waals surface area contributed by atoms with Crippen molar-refractivity contribution < 1.29 is 9.59 Å². The van der Waals surface area contributed by atoms with Gasteiger partial charge in [0.05, 0.1) is 0 Å². The van der Waals surface area contributed by atoms with E-state index in [0.29, 0.717) is 12.8 Å². The normalized spacial score (nSPS) is 11.2. The van der Waals surface area contributed by atoms with Crippen LogP contribution in [0.25, 0.3) is 0 Å². The molecule has 7 nitrogen and oxygen atoms in total. The zero-order valence-corrected chi connectivity index (χ0v) is 24.0. The number of allylic oxidation sites excluding steroid dienone is 4. The molecule has 0 aromatic heterocycles. The molecular formula is C30H61N5O2. The Hall–Kier alpha value is -1.70. The van der Waals surface area contributed by atoms with Crippen LogP contribution in [0.4, 0.5) is 0 Å². The molecular weight excluding hydrogens is 462 g/mol. The Kier molecular flexibility index (Phi) is 29.2. The van der Waals surface area contributed by atoms with Gasteiger partial charge in [0.25, 0.3) is 0 Å². The fourth-order valence-electron chi connectivity index (χ4n) is 3.99. The summed E-state index contributed by atoms with van der Waals surface area (Å²) in [5.41, 5.74) is 0. The summed E-state index contributed by atoms with van der Waals surface area (Å²) in [7, 11) is 3.91. The predicted molar refractivity (Wildman–Crippen MR) is 161 cm³/mol. The van der Waals surface area contributed by atoms with Gasteiger partial charge in [-0.1, -0.05) is 45.6 Å². The topological polar surface area (TPSA) is 76.7 Å². The van der Waals surface area contributed by atoms with E-state index in [9.17, 15) is 9.59 Å². The van der Waals surface area contributed by atoms with Crippen molar-refractivity contribution >= 4 is 11.8 Å². The molecule has 0 aromatic carbocycles. The maximum Gasteiger partial charge on any atom is 0.222 e. The van der Waals surface area contributed by atoms with Gasteiger partial charge in [0.1, 0.15) is 0 Å². The van der Waals surface area contributed by atoms with E-state index in [1.54, 1.807) is 0 Å². The number of carbonyl (C=O) groups excluding carboxylic acids is 2. The average Bonchev–Trinajstić information content (AvgIpc) is 2.88. The van der Waals surface area contributed by atoms with Crippen molar-refractivity contribution in [3.63, 3.8) is 0 Å². The maximum absolute atomic E-state index is 12.6. The van der Waals surface area contributed by atoms with Crippen LogP contribution >= 0.6 is 0 Å². The van der Waals surface area contributed by atoms with Crippen molar-refractivity contribution in [3.8, 4) is 0 Å². The molecule has 3 N–H and O–H groups in total. The fraction of sp³-hybridized carbons (Fsp3) is 0.800. The second-order valence-corrected chi connectivity index (χ2v) is 9.32. The monoisotopic (exact) mass is 523 g/mol. The van der Waals surface area contributed by atoms with Crippen molar-refractivity contribution in [2.24, 2.45) is 0 Å². The van der Waals surface area contributed by atoms with Crippen molar-refractivity contribution in [2.45, 2.75) is 91.9 Å². The molecule has 0 unspecified atom stereocenters. The molecule has 0 fully saturated rings. The van der Waals surface area contributed by atoms with Crippen LogP contribution in [0.3, 0.4) is 0 Å². The van der Waals surface area contributed by atoms with E-state index in [1.807, 2.05) is 23.9 Å². The molecule has 7 heteroatoms. The molecule has 37 heavy (non-hydrogen) atoms. The number of amides is 2. The Morgan fingerprint density at radius 3 is 1.43 bits per heavy atom. The van der Waals surface area contributed by atoms with Gasteiger partial charge in [0.2, 0.25) is 11.8 Å². The Labute approximate surface area is 229 Å². The van der Waals surface area contributed by atoms with Crippen LogP contribution in [-0.4, -0.2) is 88.1 Å². The molecule has 0 aliphatic heterocycles. The van der Waals surface area contributed by atoms with Gasteiger partial charge in [-0.15, -0.1) is 0 Å². The number of unbranched alkanes of at least 4 members (excludes halogenated alkanes) is 1. The Morgan fingerprint density at radius 2 is 1.00 bits per heavy atom. The van der Waals surface area contributed by atoms with Crippen molar-refractivity contribution in [3.05, 3.63) is 24.3 Å². The van der Waals surface area contributed by atoms with Crippen molar-refractivity contribution in [1.82, 2.24) is 25.8 Å². The summed E-state index contributed by atoms with van der Waals surface area (Å²) in [6, 6.07) is 0. The van der Waals surface area contributed by atoms with Gasteiger partial charge in [-0.25, -0.2) is 0 Å². The van der Waals surface area contributed by atoms with Gasteiger partial charge < -0.3 is 25.8 Å². The summed E-state index contributed by atoms with van der Waals surface area (Å²) < 4.78 is 0. The summed E-state index contributed by atoms with van der Waals surface area (Å²) >= 11 is 0. The molecule has 0 bridgehead atoms. The van der Waals surface area contributed by atoms with E-state index in [1.165, 1.54) is 0 Å². The zero-order chi connectivity index (χ0) is 26.7. The minimum absolute atomic E-state index is 0. The van der Waals surface area contributed by atoms with Gasteiger partial charge in [-0.05, 0) is 98.1 Å². The number of carbonyl (C=O) groups is 2. The lowest BCUT2D eigenvalue weighted by molar-refractivity contribution is -0.132. The lowest BCUT2D eigenvalue weighted by atomic mass is 10.2. The van der Waals surface area contributed by atoms with Gasteiger partial charge >= 0.3 is 0 Å². The highest BCUT2D eigenvalue weighted by Gasteiger charge is 2.13. The summed E-state index contributed by atoms with van der Waals surface area (Å²) in [6.07, 6.45) is 18.4. The van der Waals surface area contributed by atoms with Crippen LogP contribution in [0, 0.1) is 0 Å². The molecule has 0 aliphatic rings. The minimum atomic E-state index is 0. The third kappa shape index (κ3) is 23.2. The highest BCUT2D eigenvalue weighted by Crippen LogP contribution is 2.05. The average molecular weight is 524 g/mol. The molecule has 218 valence electrons. The molecule has 2 amide bonds. The number of rotatable bonds is 25. The van der Waals surface area contributed by atoms with Crippen LogP contribution in [0.15, 0.2) is 24.3 Å². The largest absolute Gasteiger partial charge is 0.343 e. The molecule has 0 saturated heterocycles. The highest BCUT2D eigenvalue weighted by atomic mass is 16.2. The highest BCUT2D eigenvalue weighted by molar-refractivity contribution is 5.76. The van der Waals surface area contributed by atoms with Crippen LogP contribution in [0.1, 0.15) is 91.9 Å². The zero-order valence-electron chi connectivity index (χ0n) is 24.0. The summed E-state index contributed by atoms with van der Waals surface area (Å²) in [6.45, 7) is 11.3. The Morgan fingerprint density at radius 1 is 0.595 bits per heavy atom. The number of hydrogen-bond donors (Lipinski definition) is 3.